The number of carbonyl (C=O) groups excluding carboxylic acids is 2. The number of aryl methyl sites for hydroxylation is 1. The van der Waals surface area contributed by atoms with Gasteiger partial charge < -0.3 is 21.4 Å². The van der Waals surface area contributed by atoms with Crippen LogP contribution in [0.3, 0.4) is 0 Å². The zero-order valence-electron chi connectivity index (χ0n) is 25.7. The lowest BCUT2D eigenvalue weighted by Gasteiger charge is -2.32. The average Bonchev–Trinajstić information content (AvgIpc) is 3.71. The number of hydrogen-bond donors (Lipinski definition) is 4. The molecule has 0 spiro atoms. The predicted octanol–water partition coefficient (Wildman–Crippen LogP) is 4.37. The van der Waals surface area contributed by atoms with Gasteiger partial charge in [0.2, 0.25) is 5.91 Å². The van der Waals surface area contributed by atoms with Crippen molar-refractivity contribution in [2.75, 3.05) is 11.4 Å². The van der Waals surface area contributed by atoms with Crippen LogP contribution < -0.4 is 22.1 Å². The summed E-state index contributed by atoms with van der Waals surface area (Å²) in [4.78, 5) is 51.1. The van der Waals surface area contributed by atoms with Crippen LogP contribution in [-0.2, 0) is 16.0 Å². The summed E-state index contributed by atoms with van der Waals surface area (Å²) in [5.74, 6) is 0.765. The first-order valence-electron chi connectivity index (χ1n) is 15.8. The molecule has 0 aliphatic heterocycles. The van der Waals surface area contributed by atoms with Crippen molar-refractivity contribution in [1.29, 1.82) is 0 Å². The summed E-state index contributed by atoms with van der Waals surface area (Å²) in [6.45, 7) is 2.67. The number of halogens is 1. The summed E-state index contributed by atoms with van der Waals surface area (Å²) >= 11 is 0. The molecule has 3 heterocycles. The number of aromatic amines is 2. The fraction of sp³-hybridized carbons (Fsp3) is 0.382. The van der Waals surface area contributed by atoms with Crippen molar-refractivity contribution in [3.8, 4) is 11.1 Å². The highest BCUT2D eigenvalue weighted by Gasteiger charge is 2.35. The first kappa shape index (κ1) is 31.7. The average molecular weight is 643 g/mol. The molecule has 2 amide bonds. The number of H-pyrrole nitrogens is 2. The van der Waals surface area contributed by atoms with Crippen molar-refractivity contribution < 1.29 is 9.59 Å². The van der Waals surface area contributed by atoms with Crippen LogP contribution in [0.15, 0.2) is 59.5 Å². The van der Waals surface area contributed by atoms with Crippen molar-refractivity contribution >= 4 is 46.6 Å². The van der Waals surface area contributed by atoms with Gasteiger partial charge in [-0.3, -0.25) is 9.59 Å². The van der Waals surface area contributed by atoms with Gasteiger partial charge in [-0.25, -0.2) is 19.2 Å². The predicted molar refractivity (Wildman–Crippen MR) is 180 cm³/mol. The van der Waals surface area contributed by atoms with Gasteiger partial charge in [0.1, 0.15) is 0 Å². The van der Waals surface area contributed by atoms with E-state index in [0.29, 0.717) is 47.9 Å². The smallest absolute Gasteiger partial charge is 0.323 e. The fourth-order valence-corrected chi connectivity index (χ4v) is 6.54. The minimum atomic E-state index is -0.949. The number of benzene rings is 2. The molecule has 46 heavy (non-hydrogen) atoms. The fourth-order valence-electron chi connectivity index (χ4n) is 6.54. The molecule has 2 aromatic carbocycles. The van der Waals surface area contributed by atoms with E-state index in [1.807, 2.05) is 35.0 Å². The molecule has 2 fully saturated rings. The van der Waals surface area contributed by atoms with E-state index in [4.69, 9.17) is 16.5 Å². The lowest BCUT2D eigenvalue weighted by atomic mass is 9.81. The number of hydrogen-bond acceptors (Lipinski definition) is 7. The van der Waals surface area contributed by atoms with Gasteiger partial charge in [-0.15, -0.1) is 12.4 Å². The normalized spacial score (nSPS) is 18.8. The number of fused-ring (bicyclic) bond motifs is 2. The zero-order valence-corrected chi connectivity index (χ0v) is 26.6. The number of anilines is 1. The molecule has 12 heteroatoms. The van der Waals surface area contributed by atoms with E-state index < -0.39 is 11.9 Å². The summed E-state index contributed by atoms with van der Waals surface area (Å²) in [6, 6.07) is 14.1. The standard InChI is InChI=1S/C34H38N8O3.ClH/c1-19-14-30-39-31(23-10-11-23)40-41(30)18-26(19)22-6-2-20(3-7-22)15-27(36)33(44)42(32(43)24-8-4-21(17-35)5-9-24)25-12-13-28-29(16-25)38-34(45)37-28;/h2-3,6-7,12-14,16,18,21,23-24,27H,4-5,8-11,15,17,35-36H2,1H3,(H2,37,38,45);1H/t21?,24?,27-;/m0./s1. The molecule has 7 rings (SSSR count). The minimum absolute atomic E-state index is 0. The van der Waals surface area contributed by atoms with Gasteiger partial charge >= 0.3 is 5.69 Å². The van der Waals surface area contributed by atoms with Crippen LogP contribution in [0, 0.1) is 18.8 Å². The lowest BCUT2D eigenvalue weighted by molar-refractivity contribution is -0.130. The van der Waals surface area contributed by atoms with Gasteiger partial charge in [0.05, 0.1) is 22.8 Å². The highest BCUT2D eigenvalue weighted by molar-refractivity contribution is 6.17. The number of nitrogens with zero attached hydrogens (tertiary/aromatic N) is 4. The maximum Gasteiger partial charge on any atom is 0.323 e. The zero-order chi connectivity index (χ0) is 31.2. The molecule has 6 N–H and O–H groups in total. The summed E-state index contributed by atoms with van der Waals surface area (Å²) in [6.07, 6.45) is 7.63. The van der Waals surface area contributed by atoms with Crippen LogP contribution in [0.5, 0.6) is 0 Å². The quantitative estimate of drug-likeness (QED) is 0.195. The van der Waals surface area contributed by atoms with Crippen LogP contribution in [0.25, 0.3) is 27.8 Å². The Bertz CT molecular complexity index is 1950. The van der Waals surface area contributed by atoms with Crippen molar-refractivity contribution in [3.05, 3.63) is 82.2 Å². The van der Waals surface area contributed by atoms with Crippen molar-refractivity contribution in [3.63, 3.8) is 0 Å². The number of nitrogens with two attached hydrogens (primary N) is 2. The highest BCUT2D eigenvalue weighted by Crippen LogP contribution is 2.38. The van der Waals surface area contributed by atoms with Crippen LogP contribution in [0.2, 0.25) is 0 Å². The molecule has 2 saturated carbocycles. The molecular weight excluding hydrogens is 604 g/mol. The molecule has 5 aromatic rings. The van der Waals surface area contributed by atoms with E-state index in [-0.39, 0.29) is 36.3 Å². The summed E-state index contributed by atoms with van der Waals surface area (Å²) in [5.41, 5.74) is 18.5. The molecule has 0 bridgehead atoms. The van der Waals surface area contributed by atoms with Crippen molar-refractivity contribution in [1.82, 2.24) is 24.6 Å². The van der Waals surface area contributed by atoms with Gasteiger partial charge in [-0.1, -0.05) is 24.3 Å². The number of aromatic nitrogens is 5. The van der Waals surface area contributed by atoms with E-state index >= 15 is 0 Å². The van der Waals surface area contributed by atoms with Crippen LogP contribution in [0.4, 0.5) is 5.69 Å². The molecule has 11 nitrogen and oxygen atoms in total. The second-order valence-corrected chi connectivity index (χ2v) is 12.7. The van der Waals surface area contributed by atoms with Gasteiger partial charge in [0, 0.05) is 23.6 Å². The topological polar surface area (TPSA) is 168 Å². The Hall–Kier alpha value is -4.32. The van der Waals surface area contributed by atoms with Gasteiger partial charge in [0.15, 0.2) is 11.5 Å². The van der Waals surface area contributed by atoms with Gasteiger partial charge in [0.25, 0.3) is 5.91 Å². The Morgan fingerprint density at radius 1 is 1.00 bits per heavy atom. The van der Waals surface area contributed by atoms with Crippen molar-refractivity contribution in [2.24, 2.45) is 23.3 Å². The number of rotatable bonds is 8. The summed E-state index contributed by atoms with van der Waals surface area (Å²) < 4.78 is 1.85. The largest absolute Gasteiger partial charge is 0.330 e. The Labute approximate surface area is 272 Å². The Kier molecular flexibility index (Phi) is 8.82. The van der Waals surface area contributed by atoms with Crippen LogP contribution >= 0.6 is 12.4 Å². The molecule has 3 aromatic heterocycles. The second-order valence-electron chi connectivity index (χ2n) is 12.7. The number of pyridine rings is 1. The van der Waals surface area contributed by atoms with E-state index in [2.05, 4.69) is 28.1 Å². The minimum Gasteiger partial charge on any atom is -0.330 e. The summed E-state index contributed by atoms with van der Waals surface area (Å²) in [5, 5.41) is 4.69. The van der Waals surface area contributed by atoms with Crippen LogP contribution in [-0.4, -0.2) is 49.0 Å². The number of amides is 2. The van der Waals surface area contributed by atoms with Crippen molar-refractivity contribution in [2.45, 2.75) is 63.8 Å². The molecule has 0 unspecified atom stereocenters. The molecule has 0 radical (unpaired) electrons. The first-order chi connectivity index (χ1) is 21.8. The van der Waals surface area contributed by atoms with Gasteiger partial charge in [-0.2, -0.15) is 5.10 Å². The molecule has 2 aliphatic rings. The van der Waals surface area contributed by atoms with E-state index in [9.17, 15) is 14.4 Å². The first-order valence-corrected chi connectivity index (χ1v) is 15.8. The third-order valence-electron chi connectivity index (χ3n) is 9.40. The number of carbonyl (C=O) groups is 2. The monoisotopic (exact) mass is 642 g/mol. The van der Waals surface area contributed by atoms with E-state index in [1.165, 1.54) is 4.90 Å². The Balaban J connectivity index is 0.00000372. The number of imide groups is 1. The number of nitrogens with one attached hydrogen (secondary N) is 2. The maximum absolute atomic E-state index is 14.0. The highest BCUT2D eigenvalue weighted by atomic mass is 35.5. The number of imidazole rings is 1. The molecule has 2 aliphatic carbocycles. The maximum atomic E-state index is 14.0. The Morgan fingerprint density at radius 2 is 1.72 bits per heavy atom. The second kappa shape index (κ2) is 12.8. The SMILES string of the molecule is Cc1cc2nc(C3CC3)nn2cc1-c1ccc(C[C@H](N)C(=O)N(C(=O)C2CCC(CN)CC2)c2ccc3[nH]c(=O)[nH]c3c2)cc1.Cl. The molecule has 0 saturated heterocycles. The third kappa shape index (κ3) is 6.22. The van der Waals surface area contributed by atoms with Crippen LogP contribution in [0.1, 0.15) is 61.4 Å². The van der Waals surface area contributed by atoms with E-state index in [0.717, 1.165) is 59.4 Å². The van der Waals surface area contributed by atoms with E-state index in [1.54, 1.807) is 18.2 Å². The van der Waals surface area contributed by atoms with Gasteiger partial charge in [-0.05, 0) is 105 Å². The Morgan fingerprint density at radius 3 is 2.41 bits per heavy atom. The third-order valence-corrected chi connectivity index (χ3v) is 9.40. The lowest BCUT2D eigenvalue weighted by Crippen LogP contribution is -2.50. The summed E-state index contributed by atoms with van der Waals surface area (Å²) in [7, 11) is 0. The molecule has 240 valence electrons. The molecule has 1 atom stereocenters. The molecular formula is C34H39ClN8O3.